The second-order valence-electron chi connectivity index (χ2n) is 5.83. The highest BCUT2D eigenvalue weighted by atomic mass is 16.5. The van der Waals surface area contributed by atoms with Gasteiger partial charge in [-0.05, 0) is 48.5 Å². The molecule has 4 rings (SSSR count). The fraction of sp³-hybridized carbons (Fsp3) is 0.100. The maximum atomic E-state index is 5.20. The number of nitrogens with one attached hydrogen (secondary N) is 2. The minimum atomic E-state index is 0.411. The van der Waals surface area contributed by atoms with Gasteiger partial charge in [0.2, 0.25) is 5.95 Å². The molecule has 2 aromatic heterocycles. The summed E-state index contributed by atoms with van der Waals surface area (Å²) < 4.78 is 10.4. The van der Waals surface area contributed by atoms with Crippen molar-refractivity contribution in [3.05, 3.63) is 60.9 Å². The van der Waals surface area contributed by atoms with Crippen molar-refractivity contribution >= 4 is 34.3 Å². The van der Waals surface area contributed by atoms with Gasteiger partial charge in [0.05, 0.1) is 14.2 Å². The Kier molecular flexibility index (Phi) is 4.83. The lowest BCUT2D eigenvalue weighted by Crippen LogP contribution is -2.04. The Morgan fingerprint density at radius 3 is 1.86 bits per heavy atom. The molecule has 2 N–H and O–H groups in total. The van der Waals surface area contributed by atoms with E-state index in [-0.39, 0.29) is 0 Å². The first-order valence-corrected chi connectivity index (χ1v) is 8.56. The van der Waals surface area contributed by atoms with Crippen LogP contribution in [0, 0.1) is 0 Å². The zero-order valence-corrected chi connectivity index (χ0v) is 15.4. The van der Waals surface area contributed by atoms with Crippen molar-refractivity contribution in [2.24, 2.45) is 0 Å². The molecule has 0 fully saturated rings. The Bertz CT molecular complexity index is 1080. The molecule has 0 aliphatic heterocycles. The van der Waals surface area contributed by atoms with Crippen molar-refractivity contribution in [2.45, 2.75) is 0 Å². The first-order chi connectivity index (χ1) is 13.7. The van der Waals surface area contributed by atoms with Gasteiger partial charge < -0.3 is 20.1 Å². The highest BCUT2D eigenvalue weighted by Gasteiger charge is 2.11. The second kappa shape index (κ2) is 7.75. The Labute approximate surface area is 161 Å². The van der Waals surface area contributed by atoms with Gasteiger partial charge in [-0.2, -0.15) is 9.97 Å². The molecule has 0 amide bonds. The van der Waals surface area contributed by atoms with Crippen molar-refractivity contribution in [3.63, 3.8) is 0 Å². The zero-order valence-electron chi connectivity index (χ0n) is 15.4. The number of anilines is 4. The molecule has 8 nitrogen and oxygen atoms in total. The molecule has 0 atom stereocenters. The molecule has 0 spiro atoms. The van der Waals surface area contributed by atoms with Crippen LogP contribution in [0.3, 0.4) is 0 Å². The van der Waals surface area contributed by atoms with Crippen molar-refractivity contribution in [1.29, 1.82) is 0 Å². The molecule has 0 aliphatic rings. The molecule has 2 heterocycles. The number of ether oxygens (including phenoxy) is 2. The van der Waals surface area contributed by atoms with Gasteiger partial charge in [-0.15, -0.1) is 0 Å². The minimum absolute atomic E-state index is 0.411. The molecule has 8 heteroatoms. The molecular weight excluding hydrogens is 356 g/mol. The third-order valence-electron chi connectivity index (χ3n) is 4.03. The van der Waals surface area contributed by atoms with E-state index in [1.54, 1.807) is 26.6 Å². The average Bonchev–Trinajstić information content (AvgIpc) is 2.75. The van der Waals surface area contributed by atoms with E-state index in [2.05, 4.69) is 30.6 Å². The summed E-state index contributed by atoms with van der Waals surface area (Å²) >= 11 is 0. The molecule has 0 unspecified atom stereocenters. The smallest absolute Gasteiger partial charge is 0.231 e. The van der Waals surface area contributed by atoms with Gasteiger partial charge in [-0.3, -0.25) is 0 Å². The van der Waals surface area contributed by atoms with E-state index in [1.165, 1.54) is 0 Å². The number of nitrogens with zero attached hydrogens (tertiary/aromatic N) is 4. The molecule has 2 aromatic carbocycles. The number of fused-ring (bicyclic) bond motifs is 1. The van der Waals surface area contributed by atoms with Gasteiger partial charge in [0.1, 0.15) is 11.5 Å². The number of aromatic nitrogens is 4. The largest absolute Gasteiger partial charge is 0.497 e. The predicted octanol–water partition coefficient (Wildman–Crippen LogP) is 3.92. The number of benzene rings is 2. The van der Waals surface area contributed by atoms with Crippen molar-refractivity contribution in [3.8, 4) is 11.5 Å². The normalized spacial score (nSPS) is 10.5. The summed E-state index contributed by atoms with van der Waals surface area (Å²) in [5, 5.41) is 6.46. The maximum absolute atomic E-state index is 5.20. The highest BCUT2D eigenvalue weighted by Crippen LogP contribution is 2.25. The Hall–Kier alpha value is -3.94. The van der Waals surface area contributed by atoms with Crippen LogP contribution in [0.25, 0.3) is 11.2 Å². The van der Waals surface area contributed by atoms with E-state index < -0.39 is 0 Å². The van der Waals surface area contributed by atoms with Crippen LogP contribution in [0.1, 0.15) is 0 Å². The van der Waals surface area contributed by atoms with Crippen LogP contribution in [0.15, 0.2) is 60.9 Å². The molecule has 28 heavy (non-hydrogen) atoms. The van der Waals surface area contributed by atoms with Gasteiger partial charge in [-0.25, -0.2) is 9.97 Å². The molecule has 4 aromatic rings. The molecule has 0 saturated carbocycles. The summed E-state index contributed by atoms with van der Waals surface area (Å²) in [6.45, 7) is 0. The van der Waals surface area contributed by atoms with E-state index in [0.29, 0.717) is 22.9 Å². The van der Waals surface area contributed by atoms with E-state index in [4.69, 9.17) is 9.47 Å². The van der Waals surface area contributed by atoms with Crippen LogP contribution in [-0.4, -0.2) is 34.2 Å². The van der Waals surface area contributed by atoms with Crippen LogP contribution in [-0.2, 0) is 0 Å². The van der Waals surface area contributed by atoms with E-state index in [9.17, 15) is 0 Å². The first kappa shape index (κ1) is 17.5. The predicted molar refractivity (Wildman–Crippen MR) is 108 cm³/mol. The third kappa shape index (κ3) is 3.75. The quantitative estimate of drug-likeness (QED) is 0.524. The molecule has 0 bridgehead atoms. The molecule has 0 aliphatic carbocycles. The minimum Gasteiger partial charge on any atom is -0.497 e. The standard InChI is InChI=1S/C20H18N6O2/c1-27-15-7-3-13(4-8-15)23-19-17-18(22-12-11-21-17)25-20(26-19)24-14-5-9-16(28-2)10-6-14/h3-12H,1-2H3,(H2,22,23,24,25,26). The molecule has 140 valence electrons. The number of methoxy groups -OCH3 is 2. The Morgan fingerprint density at radius 1 is 0.679 bits per heavy atom. The molecular formula is C20H18N6O2. The monoisotopic (exact) mass is 374 g/mol. The lowest BCUT2D eigenvalue weighted by atomic mass is 10.3. The highest BCUT2D eigenvalue weighted by molar-refractivity contribution is 5.86. The SMILES string of the molecule is COc1ccc(Nc2nc(Nc3ccc(OC)cc3)c3nccnc3n2)cc1. The average molecular weight is 374 g/mol. The van der Waals surface area contributed by atoms with E-state index >= 15 is 0 Å². The lowest BCUT2D eigenvalue weighted by Gasteiger charge is -2.11. The number of hydrogen-bond donors (Lipinski definition) is 2. The van der Waals surface area contributed by atoms with Gasteiger partial charge >= 0.3 is 0 Å². The van der Waals surface area contributed by atoms with Crippen LogP contribution in [0.4, 0.5) is 23.1 Å². The number of rotatable bonds is 6. The summed E-state index contributed by atoms with van der Waals surface area (Å²) in [7, 11) is 3.26. The Morgan fingerprint density at radius 2 is 1.25 bits per heavy atom. The summed E-state index contributed by atoms with van der Waals surface area (Å²) in [5.41, 5.74) is 2.75. The summed E-state index contributed by atoms with van der Waals surface area (Å²) in [4.78, 5) is 17.7. The number of hydrogen-bond acceptors (Lipinski definition) is 8. The van der Waals surface area contributed by atoms with Crippen molar-refractivity contribution in [1.82, 2.24) is 19.9 Å². The summed E-state index contributed by atoms with van der Waals surface area (Å²) in [6.07, 6.45) is 3.21. The van der Waals surface area contributed by atoms with Crippen LogP contribution < -0.4 is 20.1 Å². The van der Waals surface area contributed by atoms with Crippen molar-refractivity contribution in [2.75, 3.05) is 24.9 Å². The summed E-state index contributed by atoms with van der Waals surface area (Å²) in [6, 6.07) is 15.0. The topological polar surface area (TPSA) is 94.1 Å². The van der Waals surface area contributed by atoms with E-state index in [1.807, 2.05) is 48.5 Å². The first-order valence-electron chi connectivity index (χ1n) is 8.56. The van der Waals surface area contributed by atoms with Gasteiger partial charge in [-0.1, -0.05) is 0 Å². The van der Waals surface area contributed by atoms with Gasteiger partial charge in [0, 0.05) is 23.8 Å². The fourth-order valence-corrected chi connectivity index (χ4v) is 2.62. The van der Waals surface area contributed by atoms with Crippen molar-refractivity contribution < 1.29 is 9.47 Å². The second-order valence-corrected chi connectivity index (χ2v) is 5.83. The fourth-order valence-electron chi connectivity index (χ4n) is 2.62. The molecule has 0 saturated heterocycles. The zero-order chi connectivity index (χ0) is 19.3. The van der Waals surface area contributed by atoms with Crippen LogP contribution >= 0.6 is 0 Å². The van der Waals surface area contributed by atoms with Crippen LogP contribution in [0.5, 0.6) is 11.5 Å². The third-order valence-corrected chi connectivity index (χ3v) is 4.03. The van der Waals surface area contributed by atoms with Gasteiger partial charge in [0.15, 0.2) is 17.0 Å². The van der Waals surface area contributed by atoms with Gasteiger partial charge in [0.25, 0.3) is 0 Å². The van der Waals surface area contributed by atoms with E-state index in [0.717, 1.165) is 22.9 Å². The van der Waals surface area contributed by atoms with Crippen LogP contribution in [0.2, 0.25) is 0 Å². The lowest BCUT2D eigenvalue weighted by molar-refractivity contribution is 0.415. The Balaban J connectivity index is 1.67. The maximum Gasteiger partial charge on any atom is 0.231 e. The summed E-state index contributed by atoms with van der Waals surface area (Å²) in [5.74, 6) is 2.52. The molecule has 0 radical (unpaired) electrons.